The van der Waals surface area contributed by atoms with E-state index in [-0.39, 0.29) is 27.7 Å². The van der Waals surface area contributed by atoms with Crippen molar-refractivity contribution >= 4 is 15.9 Å². The summed E-state index contributed by atoms with van der Waals surface area (Å²) in [6.07, 6.45) is 0. The average Bonchev–Trinajstić information content (AvgIpc) is 2.78. The largest absolute Gasteiger partial charge is 0.496 e. The van der Waals surface area contributed by atoms with Crippen molar-refractivity contribution in [1.29, 1.82) is 0 Å². The first-order valence-corrected chi connectivity index (χ1v) is 7.89. The van der Waals surface area contributed by atoms with Crippen molar-refractivity contribution in [3.05, 3.63) is 40.8 Å². The number of benzene rings is 1. The van der Waals surface area contributed by atoms with E-state index >= 15 is 0 Å². The van der Waals surface area contributed by atoms with Gasteiger partial charge in [-0.1, -0.05) is 16.8 Å². The maximum Gasteiger partial charge on any atom is 0.269 e. The lowest BCUT2D eigenvalue weighted by Gasteiger charge is -2.10. The zero-order valence-corrected chi connectivity index (χ0v) is 13.4. The number of aromatic nitrogens is 1. The monoisotopic (exact) mass is 324 g/mol. The summed E-state index contributed by atoms with van der Waals surface area (Å²) in [5.74, 6) is -0.369. The number of methoxy groups -OCH3 is 1. The predicted octanol–water partition coefficient (Wildman–Crippen LogP) is 1.73. The smallest absolute Gasteiger partial charge is 0.269 e. The van der Waals surface area contributed by atoms with Crippen LogP contribution in [0.3, 0.4) is 0 Å². The van der Waals surface area contributed by atoms with Gasteiger partial charge < -0.3 is 9.26 Å². The van der Waals surface area contributed by atoms with Gasteiger partial charge in [0.1, 0.15) is 11.4 Å². The third-order valence-electron chi connectivity index (χ3n) is 3.06. The number of nitrogens with one attached hydrogen (secondary N) is 1. The molecule has 1 aromatic carbocycles. The maximum absolute atomic E-state index is 12.3. The molecule has 1 heterocycles. The molecule has 0 aliphatic rings. The molecule has 7 nitrogen and oxygen atoms in total. The molecule has 1 aromatic heterocycles. The van der Waals surface area contributed by atoms with Crippen LogP contribution in [0.25, 0.3) is 0 Å². The highest BCUT2D eigenvalue weighted by molar-refractivity contribution is 7.90. The first kappa shape index (κ1) is 16.0. The molecule has 22 heavy (non-hydrogen) atoms. The highest BCUT2D eigenvalue weighted by atomic mass is 32.2. The van der Waals surface area contributed by atoms with E-state index in [4.69, 9.17) is 9.26 Å². The predicted molar refractivity (Wildman–Crippen MR) is 78.4 cm³/mol. The number of carbonyl (C=O) groups excluding carboxylic acids is 1. The van der Waals surface area contributed by atoms with E-state index in [1.54, 1.807) is 25.1 Å². The molecule has 2 rings (SSSR count). The molecule has 0 saturated carbocycles. The molecule has 0 spiro atoms. The number of nitrogens with zero attached hydrogens (tertiary/aromatic N) is 1. The van der Waals surface area contributed by atoms with E-state index in [0.717, 1.165) is 5.56 Å². The van der Waals surface area contributed by atoms with E-state index in [2.05, 4.69) is 5.16 Å². The van der Waals surface area contributed by atoms with Gasteiger partial charge >= 0.3 is 0 Å². The van der Waals surface area contributed by atoms with Crippen LogP contribution < -0.4 is 9.46 Å². The van der Waals surface area contributed by atoms with Gasteiger partial charge in [0, 0.05) is 0 Å². The molecule has 0 aliphatic heterocycles. The summed E-state index contributed by atoms with van der Waals surface area (Å²) in [4.78, 5) is 12.2. The number of ether oxygens (including phenoxy) is 1. The van der Waals surface area contributed by atoms with Gasteiger partial charge in [-0.15, -0.1) is 0 Å². The van der Waals surface area contributed by atoms with Gasteiger partial charge in [-0.3, -0.25) is 4.79 Å². The highest BCUT2D eigenvalue weighted by Crippen LogP contribution is 2.22. The van der Waals surface area contributed by atoms with Crippen molar-refractivity contribution in [3.63, 3.8) is 0 Å². The fraction of sp³-hybridized carbons (Fsp3) is 0.286. The zero-order chi connectivity index (χ0) is 16.5. The summed E-state index contributed by atoms with van der Waals surface area (Å²) in [5.41, 5.74) is 1.13. The molecule has 0 saturated heterocycles. The van der Waals surface area contributed by atoms with Gasteiger partial charge in [0.05, 0.1) is 12.7 Å². The summed E-state index contributed by atoms with van der Waals surface area (Å²) in [6, 6.07) is 4.92. The third-order valence-corrected chi connectivity index (χ3v) is 4.64. The van der Waals surface area contributed by atoms with Crippen LogP contribution in [0.15, 0.2) is 27.6 Å². The summed E-state index contributed by atoms with van der Waals surface area (Å²) >= 11 is 0. The fourth-order valence-electron chi connectivity index (χ4n) is 2.09. The molecule has 118 valence electrons. The van der Waals surface area contributed by atoms with Crippen LogP contribution in [0.5, 0.6) is 5.75 Å². The molecule has 8 heteroatoms. The minimum Gasteiger partial charge on any atom is -0.496 e. The molecule has 2 aromatic rings. The lowest BCUT2D eigenvalue weighted by Crippen LogP contribution is -2.31. The Bertz CT molecular complexity index is 804. The molecule has 1 amide bonds. The number of hydrogen-bond acceptors (Lipinski definition) is 6. The molecular weight excluding hydrogens is 308 g/mol. The van der Waals surface area contributed by atoms with Crippen LogP contribution in [0.4, 0.5) is 0 Å². The Hall–Kier alpha value is -2.35. The van der Waals surface area contributed by atoms with Crippen molar-refractivity contribution in [2.75, 3.05) is 7.11 Å². The molecular formula is C14H16N2O5S. The topological polar surface area (TPSA) is 98.5 Å². The lowest BCUT2D eigenvalue weighted by molar-refractivity contribution is 0.0978. The van der Waals surface area contributed by atoms with Crippen LogP contribution in [-0.2, 0) is 10.0 Å². The number of hydrogen-bond donors (Lipinski definition) is 1. The molecule has 0 fully saturated rings. The van der Waals surface area contributed by atoms with Crippen molar-refractivity contribution in [2.45, 2.75) is 25.7 Å². The van der Waals surface area contributed by atoms with E-state index < -0.39 is 15.9 Å². The average molecular weight is 324 g/mol. The summed E-state index contributed by atoms with van der Waals surface area (Å²) in [7, 11) is -2.67. The molecule has 0 unspecified atom stereocenters. The van der Waals surface area contributed by atoms with Crippen LogP contribution in [-0.4, -0.2) is 26.6 Å². The number of rotatable bonds is 4. The Morgan fingerprint density at radius 3 is 2.50 bits per heavy atom. The fourth-order valence-corrected chi connectivity index (χ4v) is 3.38. The molecule has 0 radical (unpaired) electrons. The number of aryl methyl sites for hydroxylation is 3. The van der Waals surface area contributed by atoms with Crippen LogP contribution >= 0.6 is 0 Å². The van der Waals surface area contributed by atoms with Gasteiger partial charge in [0.2, 0.25) is 0 Å². The Balaban J connectivity index is 2.39. The van der Waals surface area contributed by atoms with E-state index in [0.29, 0.717) is 0 Å². The van der Waals surface area contributed by atoms with E-state index in [1.807, 2.05) is 4.72 Å². The normalized spacial score (nSPS) is 11.3. The van der Waals surface area contributed by atoms with Gasteiger partial charge in [-0.25, -0.2) is 13.1 Å². The van der Waals surface area contributed by atoms with Crippen LogP contribution in [0.1, 0.15) is 27.4 Å². The number of carbonyl (C=O) groups is 1. The Kier molecular flexibility index (Phi) is 4.23. The molecule has 0 aliphatic carbocycles. The van der Waals surface area contributed by atoms with E-state index in [1.165, 1.54) is 21.0 Å². The highest BCUT2D eigenvalue weighted by Gasteiger charge is 2.27. The van der Waals surface area contributed by atoms with Crippen molar-refractivity contribution < 1.29 is 22.5 Å². The van der Waals surface area contributed by atoms with Crippen molar-refractivity contribution in [2.24, 2.45) is 0 Å². The first-order valence-electron chi connectivity index (χ1n) is 6.41. The first-order chi connectivity index (χ1) is 10.3. The minimum absolute atomic E-state index is 0.119. The Morgan fingerprint density at radius 2 is 1.95 bits per heavy atom. The van der Waals surface area contributed by atoms with Crippen LogP contribution in [0.2, 0.25) is 0 Å². The lowest BCUT2D eigenvalue weighted by atomic mass is 10.1. The standard InChI is InChI=1S/C14H16N2O5S/c1-8-5-6-12(20-4)11(7-8)14(17)16-22(18,19)13-9(2)15-21-10(13)3/h5-7H,1-4H3,(H,16,17). The second kappa shape index (κ2) is 5.80. The van der Waals surface area contributed by atoms with E-state index in [9.17, 15) is 13.2 Å². The molecule has 1 N–H and O–H groups in total. The van der Waals surface area contributed by atoms with Gasteiger partial charge in [-0.05, 0) is 32.9 Å². The quantitative estimate of drug-likeness (QED) is 0.919. The number of amides is 1. The maximum atomic E-state index is 12.3. The SMILES string of the molecule is COc1ccc(C)cc1C(=O)NS(=O)(=O)c1c(C)noc1C. The van der Waals surface area contributed by atoms with Crippen LogP contribution in [0, 0.1) is 20.8 Å². The Labute approximate surface area is 128 Å². The summed E-state index contributed by atoms with van der Waals surface area (Å²) in [6.45, 7) is 4.74. The van der Waals surface area contributed by atoms with Gasteiger partial charge in [0.15, 0.2) is 10.7 Å². The zero-order valence-electron chi connectivity index (χ0n) is 12.6. The van der Waals surface area contributed by atoms with Crippen molar-refractivity contribution in [3.8, 4) is 5.75 Å². The number of sulfonamides is 1. The van der Waals surface area contributed by atoms with Gasteiger partial charge in [-0.2, -0.15) is 0 Å². The summed E-state index contributed by atoms with van der Waals surface area (Å²) < 4.78 is 36.6. The molecule has 0 bridgehead atoms. The Morgan fingerprint density at radius 1 is 1.27 bits per heavy atom. The molecule has 0 atom stereocenters. The summed E-state index contributed by atoms with van der Waals surface area (Å²) in [5, 5.41) is 3.58. The van der Waals surface area contributed by atoms with Crippen molar-refractivity contribution in [1.82, 2.24) is 9.88 Å². The second-order valence-electron chi connectivity index (χ2n) is 4.79. The minimum atomic E-state index is -4.07. The van der Waals surface area contributed by atoms with Gasteiger partial charge in [0.25, 0.3) is 15.9 Å². The second-order valence-corrected chi connectivity index (χ2v) is 6.41. The third kappa shape index (κ3) is 2.96.